The summed E-state index contributed by atoms with van der Waals surface area (Å²) in [6, 6.07) is 0. The Bertz CT molecular complexity index is 116. The van der Waals surface area contributed by atoms with Crippen LogP contribution < -0.4 is 0 Å². The van der Waals surface area contributed by atoms with Crippen LogP contribution in [0.4, 0.5) is 0 Å². The topological polar surface area (TPSA) is 24.7 Å². The molecule has 0 saturated heterocycles. The van der Waals surface area contributed by atoms with Crippen LogP contribution in [0, 0.1) is 0 Å². The van der Waals surface area contributed by atoms with E-state index in [0.29, 0.717) is 0 Å². The van der Waals surface area contributed by atoms with Crippen molar-refractivity contribution < 1.29 is 0 Å². The van der Waals surface area contributed by atoms with E-state index in [9.17, 15) is 0 Å². The van der Waals surface area contributed by atoms with Gasteiger partial charge in [0, 0.05) is 12.4 Å². The quantitative estimate of drug-likeness (QED) is 0.318. The van der Waals surface area contributed by atoms with Gasteiger partial charge in [0.1, 0.15) is 0 Å². The molecule has 0 aliphatic heterocycles. The van der Waals surface area contributed by atoms with Crippen molar-refractivity contribution in [2.45, 2.75) is 39.5 Å². The molecule has 0 atom stereocenters. The molecule has 0 N–H and O–H groups in total. The Labute approximate surface area is 63.1 Å². The maximum atomic E-state index is 3.83. The minimum Gasteiger partial charge on any atom is -0.167 e. The Kier molecular flexibility index (Phi) is 6.03. The molecule has 0 aliphatic carbocycles. The zero-order valence-corrected chi connectivity index (χ0v) is 6.93. The molecule has 0 rings (SSSR count). The summed E-state index contributed by atoms with van der Waals surface area (Å²) in [6.07, 6.45) is 4.83. The Morgan fingerprint density at radius 3 is 2.60 bits per heavy atom. The Balaban J connectivity index is 3.29. The highest BCUT2D eigenvalue weighted by Gasteiger charge is 1.89. The van der Waals surface area contributed by atoms with Gasteiger partial charge in [-0.25, -0.2) is 0 Å². The van der Waals surface area contributed by atoms with E-state index in [4.69, 9.17) is 0 Å². The minimum atomic E-state index is 1.06. The first-order valence-corrected chi connectivity index (χ1v) is 3.80. The van der Waals surface area contributed by atoms with Gasteiger partial charge in [-0.15, -0.1) is 0 Å². The number of rotatable bonds is 5. The normalized spacial score (nSPS) is 11.6. The summed E-state index contributed by atoms with van der Waals surface area (Å²) < 4.78 is 0. The molecule has 0 aromatic rings. The first-order chi connectivity index (χ1) is 4.81. The molecule has 0 aromatic heterocycles. The molecule has 2 nitrogen and oxygen atoms in total. The second kappa shape index (κ2) is 6.46. The highest BCUT2D eigenvalue weighted by Crippen LogP contribution is 2.00. The second-order valence-corrected chi connectivity index (χ2v) is 2.43. The number of nitrogens with zero attached hydrogens (tertiary/aromatic N) is 2. The monoisotopic (exact) mass is 140 g/mol. The molecule has 0 fully saturated rings. The molecule has 0 amide bonds. The first kappa shape index (κ1) is 9.34. The van der Waals surface area contributed by atoms with Gasteiger partial charge >= 0.3 is 0 Å². The highest BCUT2D eigenvalue weighted by atomic mass is 15.2. The smallest absolute Gasteiger partial charge is 0.0374 e. The van der Waals surface area contributed by atoms with Crippen molar-refractivity contribution >= 4 is 12.4 Å². The van der Waals surface area contributed by atoms with Gasteiger partial charge in [-0.1, -0.05) is 19.8 Å². The molecular formula is C8H16N2. The molecule has 2 heteroatoms. The van der Waals surface area contributed by atoms with E-state index in [2.05, 4.69) is 23.8 Å². The standard InChI is InChI=1S/C8H16N2/c1-4-5-6-7-8(2)10-9-3/h3-7H2,1-2H3/b10-8-. The van der Waals surface area contributed by atoms with Gasteiger partial charge in [0.05, 0.1) is 0 Å². The molecule has 10 heavy (non-hydrogen) atoms. The van der Waals surface area contributed by atoms with E-state index in [1.165, 1.54) is 19.3 Å². The molecule has 0 spiro atoms. The van der Waals surface area contributed by atoms with Crippen LogP contribution in [-0.2, 0) is 0 Å². The van der Waals surface area contributed by atoms with E-state index in [1.54, 1.807) is 0 Å². The van der Waals surface area contributed by atoms with Crippen LogP contribution in [0.1, 0.15) is 39.5 Å². The minimum absolute atomic E-state index is 1.06. The van der Waals surface area contributed by atoms with Crippen LogP contribution in [0.3, 0.4) is 0 Å². The van der Waals surface area contributed by atoms with Crippen molar-refractivity contribution in [2.24, 2.45) is 10.2 Å². The lowest BCUT2D eigenvalue weighted by atomic mass is 10.1. The fourth-order valence-electron chi connectivity index (χ4n) is 0.802. The summed E-state index contributed by atoms with van der Waals surface area (Å²) in [5.41, 5.74) is 1.09. The SMILES string of the molecule is C=N/N=C(/C)CCCCC. The van der Waals surface area contributed by atoms with Crippen molar-refractivity contribution in [3.8, 4) is 0 Å². The fraction of sp³-hybridized carbons (Fsp3) is 0.750. The predicted octanol–water partition coefficient (Wildman–Crippen LogP) is 2.64. The van der Waals surface area contributed by atoms with Crippen LogP contribution in [0.15, 0.2) is 10.2 Å². The van der Waals surface area contributed by atoms with E-state index in [-0.39, 0.29) is 0 Å². The third-order valence-electron chi connectivity index (χ3n) is 1.38. The van der Waals surface area contributed by atoms with E-state index >= 15 is 0 Å². The van der Waals surface area contributed by atoms with E-state index in [1.807, 2.05) is 6.92 Å². The highest BCUT2D eigenvalue weighted by molar-refractivity contribution is 5.81. The Morgan fingerprint density at radius 1 is 1.40 bits per heavy atom. The lowest BCUT2D eigenvalue weighted by Gasteiger charge is -1.95. The lowest BCUT2D eigenvalue weighted by molar-refractivity contribution is 0.740. The van der Waals surface area contributed by atoms with Gasteiger partial charge < -0.3 is 0 Å². The van der Waals surface area contributed by atoms with Crippen LogP contribution >= 0.6 is 0 Å². The molecule has 0 bridgehead atoms. The van der Waals surface area contributed by atoms with Crippen molar-refractivity contribution in [3.05, 3.63) is 0 Å². The van der Waals surface area contributed by atoms with Crippen molar-refractivity contribution in [1.82, 2.24) is 0 Å². The van der Waals surface area contributed by atoms with E-state index < -0.39 is 0 Å². The summed E-state index contributed by atoms with van der Waals surface area (Å²) in [4.78, 5) is 0. The van der Waals surface area contributed by atoms with Crippen LogP contribution in [0.2, 0.25) is 0 Å². The van der Waals surface area contributed by atoms with Gasteiger partial charge in [0.2, 0.25) is 0 Å². The largest absolute Gasteiger partial charge is 0.167 e. The van der Waals surface area contributed by atoms with Gasteiger partial charge in [-0.05, 0) is 19.8 Å². The van der Waals surface area contributed by atoms with Crippen molar-refractivity contribution in [3.63, 3.8) is 0 Å². The Hall–Kier alpha value is -0.660. The molecule has 0 aromatic carbocycles. The van der Waals surface area contributed by atoms with E-state index in [0.717, 1.165) is 12.1 Å². The lowest BCUT2D eigenvalue weighted by Crippen LogP contribution is -1.89. The maximum Gasteiger partial charge on any atom is 0.0374 e. The van der Waals surface area contributed by atoms with Crippen LogP contribution in [0.25, 0.3) is 0 Å². The molecular weight excluding hydrogens is 124 g/mol. The molecule has 0 radical (unpaired) electrons. The first-order valence-electron chi connectivity index (χ1n) is 3.80. The van der Waals surface area contributed by atoms with Gasteiger partial charge in [-0.2, -0.15) is 10.2 Å². The summed E-state index contributed by atoms with van der Waals surface area (Å²) in [5, 5.41) is 7.28. The summed E-state index contributed by atoms with van der Waals surface area (Å²) >= 11 is 0. The zero-order valence-electron chi connectivity index (χ0n) is 6.93. The van der Waals surface area contributed by atoms with Gasteiger partial charge in [-0.3, -0.25) is 0 Å². The predicted molar refractivity (Wildman–Crippen MR) is 46.8 cm³/mol. The summed E-state index contributed by atoms with van der Waals surface area (Å²) in [7, 11) is 0. The fourth-order valence-corrected chi connectivity index (χ4v) is 0.802. The third-order valence-corrected chi connectivity index (χ3v) is 1.38. The molecule has 0 heterocycles. The molecule has 58 valence electrons. The van der Waals surface area contributed by atoms with Crippen molar-refractivity contribution in [2.75, 3.05) is 0 Å². The van der Waals surface area contributed by atoms with Gasteiger partial charge in [0.15, 0.2) is 0 Å². The zero-order chi connectivity index (χ0) is 7.82. The molecule has 0 saturated carbocycles. The molecule has 0 aliphatic rings. The number of hydrogen-bond acceptors (Lipinski definition) is 2. The second-order valence-electron chi connectivity index (χ2n) is 2.43. The van der Waals surface area contributed by atoms with Gasteiger partial charge in [0.25, 0.3) is 0 Å². The molecule has 0 unspecified atom stereocenters. The summed E-state index contributed by atoms with van der Waals surface area (Å²) in [5.74, 6) is 0. The Morgan fingerprint density at radius 2 is 2.10 bits per heavy atom. The van der Waals surface area contributed by atoms with Crippen LogP contribution in [-0.4, -0.2) is 12.4 Å². The maximum absolute atomic E-state index is 3.83. The number of unbranched alkanes of at least 4 members (excludes halogenated alkanes) is 2. The summed E-state index contributed by atoms with van der Waals surface area (Å²) in [6.45, 7) is 7.47. The average Bonchev–Trinajstić information content (AvgIpc) is 1.89. The van der Waals surface area contributed by atoms with Crippen molar-refractivity contribution in [1.29, 1.82) is 0 Å². The number of hydrogen-bond donors (Lipinski definition) is 0. The third kappa shape index (κ3) is 5.48. The van der Waals surface area contributed by atoms with Crippen LogP contribution in [0.5, 0.6) is 0 Å². The average molecular weight is 140 g/mol.